The Hall–Kier alpha value is -2.87. The number of amides is 1. The minimum Gasteiger partial charge on any atom is -0.465 e. The summed E-state index contributed by atoms with van der Waals surface area (Å²) < 4.78 is 34.6. The zero-order chi connectivity index (χ0) is 20.0. The third kappa shape index (κ3) is 5.32. The molecule has 2 aromatic rings. The first kappa shape index (κ1) is 19.9. The first-order valence-corrected chi connectivity index (χ1v) is 10.6. The summed E-state index contributed by atoms with van der Waals surface area (Å²) in [6.07, 6.45) is 8.03. The summed E-state index contributed by atoms with van der Waals surface area (Å²) in [5.41, 5.74) is 0.379. The smallest absolute Gasteiger partial charge is 0.284 e. The molecule has 0 bridgehead atoms. The van der Waals surface area contributed by atoms with Gasteiger partial charge in [-0.05, 0) is 49.2 Å². The summed E-state index contributed by atoms with van der Waals surface area (Å²) in [5.74, 6) is 0.740. The van der Waals surface area contributed by atoms with Crippen LogP contribution < -0.4 is 5.32 Å². The van der Waals surface area contributed by atoms with Crippen molar-refractivity contribution in [1.82, 2.24) is 4.90 Å². The van der Waals surface area contributed by atoms with Crippen LogP contribution >= 0.6 is 0 Å². The van der Waals surface area contributed by atoms with Crippen LogP contribution in [0.4, 0.5) is 5.69 Å². The van der Waals surface area contributed by atoms with Crippen molar-refractivity contribution < 1.29 is 17.6 Å². The molecule has 7 nitrogen and oxygen atoms in total. The van der Waals surface area contributed by atoms with Crippen molar-refractivity contribution in [2.75, 3.05) is 18.9 Å². The van der Waals surface area contributed by atoms with Gasteiger partial charge < -0.3 is 14.6 Å². The number of hydrogen-bond acceptors (Lipinski definition) is 4. The number of amidine groups is 1. The van der Waals surface area contributed by atoms with Gasteiger partial charge in [-0.25, -0.2) is 0 Å². The quantitative estimate of drug-likeness (QED) is 0.774. The van der Waals surface area contributed by atoms with E-state index in [0.29, 0.717) is 23.7 Å². The molecule has 8 heteroatoms. The van der Waals surface area contributed by atoms with Crippen LogP contribution in [0, 0.1) is 0 Å². The lowest BCUT2D eigenvalue weighted by atomic mass is 10.2. The van der Waals surface area contributed by atoms with Gasteiger partial charge in [-0.3, -0.25) is 4.79 Å². The van der Waals surface area contributed by atoms with E-state index in [1.54, 1.807) is 24.3 Å². The molecule has 1 aliphatic rings. The Morgan fingerprint density at radius 3 is 2.86 bits per heavy atom. The Morgan fingerprint density at radius 1 is 1.21 bits per heavy atom. The lowest BCUT2D eigenvalue weighted by molar-refractivity contribution is -0.111. The van der Waals surface area contributed by atoms with Crippen molar-refractivity contribution in [3.8, 4) is 0 Å². The zero-order valence-electron chi connectivity index (χ0n) is 15.7. The average Bonchev–Trinajstić information content (AvgIpc) is 3.11. The number of likely N-dealkylation sites (tertiary alicyclic amines) is 1. The molecule has 1 aromatic carbocycles. The molecule has 2 heterocycles. The molecular weight excluding hydrogens is 378 g/mol. The Labute approximate surface area is 164 Å². The van der Waals surface area contributed by atoms with Crippen molar-refractivity contribution in [2.45, 2.75) is 30.6 Å². The molecule has 1 fully saturated rings. The summed E-state index contributed by atoms with van der Waals surface area (Å²) in [5, 5.41) is 2.65. The van der Waals surface area contributed by atoms with E-state index >= 15 is 0 Å². The summed E-state index contributed by atoms with van der Waals surface area (Å²) in [6, 6.07) is 9.54. The molecule has 1 N–H and O–H groups in total. The zero-order valence-corrected chi connectivity index (χ0v) is 16.5. The summed E-state index contributed by atoms with van der Waals surface area (Å²) >= 11 is 0. The third-order valence-corrected chi connectivity index (χ3v) is 5.70. The molecule has 1 aromatic heterocycles. The van der Waals surface area contributed by atoms with Gasteiger partial charge in [-0.1, -0.05) is 12.5 Å². The largest absolute Gasteiger partial charge is 0.465 e. The molecule has 1 amide bonds. The molecule has 1 saturated heterocycles. The van der Waals surface area contributed by atoms with Crippen molar-refractivity contribution in [3.05, 3.63) is 54.5 Å². The number of nitrogens with zero attached hydrogens (tertiary/aromatic N) is 2. The predicted molar refractivity (Wildman–Crippen MR) is 109 cm³/mol. The van der Waals surface area contributed by atoms with Crippen LogP contribution in [-0.4, -0.2) is 38.7 Å². The molecule has 0 spiro atoms. The second-order valence-electron chi connectivity index (χ2n) is 6.58. The number of nitrogens with one attached hydrogen (secondary N) is 1. The average molecular weight is 401 g/mol. The molecule has 0 unspecified atom stereocenters. The molecule has 0 aliphatic carbocycles. The van der Waals surface area contributed by atoms with Crippen molar-refractivity contribution in [1.29, 1.82) is 0 Å². The minimum absolute atomic E-state index is 0.0467. The molecule has 28 heavy (non-hydrogen) atoms. The van der Waals surface area contributed by atoms with Crippen LogP contribution in [0.15, 0.2) is 62.4 Å². The molecular formula is C20H23N3O4S. The molecule has 0 radical (unpaired) electrons. The third-order valence-electron chi connectivity index (χ3n) is 4.40. The number of anilines is 1. The van der Waals surface area contributed by atoms with E-state index in [1.807, 2.05) is 11.9 Å². The highest BCUT2D eigenvalue weighted by Crippen LogP contribution is 2.20. The van der Waals surface area contributed by atoms with E-state index in [9.17, 15) is 13.2 Å². The van der Waals surface area contributed by atoms with E-state index in [1.165, 1.54) is 30.5 Å². The van der Waals surface area contributed by atoms with Crippen LogP contribution in [0.3, 0.4) is 0 Å². The van der Waals surface area contributed by atoms with Gasteiger partial charge in [0.25, 0.3) is 10.0 Å². The first-order chi connectivity index (χ1) is 13.4. The van der Waals surface area contributed by atoms with Gasteiger partial charge in [-0.15, -0.1) is 4.40 Å². The summed E-state index contributed by atoms with van der Waals surface area (Å²) in [4.78, 5) is 14.0. The fourth-order valence-electron chi connectivity index (χ4n) is 2.90. The number of hydrogen-bond donors (Lipinski definition) is 1. The standard InChI is InChI=1S/C20H23N3O4S/c1-23-13-4-2-3-10-19(23)22-28(25,26)18-9-5-7-16(15-18)21-20(24)12-11-17-8-6-14-27-17/h5-9,11-12,14-15H,2-4,10,13H2,1H3,(H,21,24). The van der Waals surface area contributed by atoms with Crippen molar-refractivity contribution in [3.63, 3.8) is 0 Å². The summed E-state index contributed by atoms with van der Waals surface area (Å²) in [7, 11) is -1.99. The van der Waals surface area contributed by atoms with Crippen LogP contribution in [0.5, 0.6) is 0 Å². The van der Waals surface area contributed by atoms with Gasteiger partial charge in [0.15, 0.2) is 0 Å². The van der Waals surface area contributed by atoms with Crippen LogP contribution in [0.2, 0.25) is 0 Å². The fraction of sp³-hybridized carbons (Fsp3) is 0.300. The molecule has 3 rings (SSSR count). The maximum Gasteiger partial charge on any atom is 0.284 e. The SMILES string of the molecule is CN1CCCCCC1=NS(=O)(=O)c1cccc(NC(=O)C=Cc2ccco2)c1. The van der Waals surface area contributed by atoms with Crippen LogP contribution in [0.1, 0.15) is 31.4 Å². The number of rotatable bonds is 5. The first-order valence-electron chi connectivity index (χ1n) is 9.12. The number of sulfonamides is 1. The van der Waals surface area contributed by atoms with Crippen molar-refractivity contribution >= 4 is 33.5 Å². The number of furan rings is 1. The second-order valence-corrected chi connectivity index (χ2v) is 8.18. The van der Waals surface area contributed by atoms with E-state index < -0.39 is 10.0 Å². The van der Waals surface area contributed by atoms with E-state index in [4.69, 9.17) is 4.42 Å². The Bertz CT molecular complexity index is 979. The normalized spacial score (nSPS) is 17.0. The van der Waals surface area contributed by atoms with Crippen LogP contribution in [-0.2, 0) is 14.8 Å². The molecule has 1 aliphatic heterocycles. The Balaban J connectivity index is 1.75. The van der Waals surface area contributed by atoms with E-state index in [2.05, 4.69) is 9.71 Å². The second kappa shape index (κ2) is 8.88. The minimum atomic E-state index is -3.85. The predicted octanol–water partition coefficient (Wildman–Crippen LogP) is 3.52. The lowest BCUT2D eigenvalue weighted by Gasteiger charge is -2.17. The highest BCUT2D eigenvalue weighted by Gasteiger charge is 2.18. The summed E-state index contributed by atoms with van der Waals surface area (Å²) in [6.45, 7) is 0.798. The number of carbonyl (C=O) groups excluding carboxylic acids is 1. The molecule has 148 valence electrons. The van der Waals surface area contributed by atoms with Gasteiger partial charge in [0, 0.05) is 31.8 Å². The lowest BCUT2D eigenvalue weighted by Crippen LogP contribution is -2.26. The highest BCUT2D eigenvalue weighted by molar-refractivity contribution is 7.90. The Morgan fingerprint density at radius 2 is 2.07 bits per heavy atom. The van der Waals surface area contributed by atoms with Gasteiger partial charge in [0.1, 0.15) is 11.6 Å². The number of carbonyl (C=O) groups is 1. The Kier molecular flexibility index (Phi) is 6.30. The van der Waals surface area contributed by atoms with E-state index in [0.717, 1.165) is 25.8 Å². The maximum atomic E-state index is 12.7. The van der Waals surface area contributed by atoms with Gasteiger partial charge >= 0.3 is 0 Å². The van der Waals surface area contributed by atoms with Crippen LogP contribution in [0.25, 0.3) is 6.08 Å². The van der Waals surface area contributed by atoms with Gasteiger partial charge in [0.2, 0.25) is 5.91 Å². The monoisotopic (exact) mass is 401 g/mol. The van der Waals surface area contributed by atoms with Gasteiger partial charge in [0.05, 0.1) is 11.2 Å². The van der Waals surface area contributed by atoms with Gasteiger partial charge in [-0.2, -0.15) is 8.42 Å². The topological polar surface area (TPSA) is 92.0 Å². The fourth-order valence-corrected chi connectivity index (χ4v) is 4.04. The molecule has 0 saturated carbocycles. The molecule has 0 atom stereocenters. The van der Waals surface area contributed by atoms with E-state index in [-0.39, 0.29) is 10.8 Å². The highest BCUT2D eigenvalue weighted by atomic mass is 32.2. The number of benzene rings is 1. The maximum absolute atomic E-state index is 12.7. The van der Waals surface area contributed by atoms with Crippen molar-refractivity contribution in [2.24, 2.45) is 4.40 Å².